The van der Waals surface area contributed by atoms with Gasteiger partial charge in [0.25, 0.3) is 0 Å². The lowest BCUT2D eigenvalue weighted by Gasteiger charge is -2.36. The van der Waals surface area contributed by atoms with E-state index in [1.807, 2.05) is 24.3 Å². The largest absolute Gasteiger partial charge is 0.368 e. The van der Waals surface area contributed by atoms with E-state index in [2.05, 4.69) is 10.2 Å². The second-order valence-corrected chi connectivity index (χ2v) is 10.8. The molecule has 0 saturated carbocycles. The number of piperazine rings is 1. The lowest BCUT2D eigenvalue weighted by Crippen LogP contribution is -2.51. The van der Waals surface area contributed by atoms with Crippen molar-refractivity contribution in [3.8, 4) is 0 Å². The SMILES string of the molecule is CN(CC(=O)N1CCN(c2cccc(Cl)c2)CC1)S(=O)(=O)c1ccc2c(c1)CCCC(=O)N2. The third kappa shape index (κ3) is 5.31. The van der Waals surface area contributed by atoms with Crippen LogP contribution >= 0.6 is 11.6 Å². The molecule has 10 heteroatoms. The molecule has 4 rings (SSSR count). The molecule has 1 saturated heterocycles. The normalized spacial score (nSPS) is 16.9. The van der Waals surface area contributed by atoms with Crippen LogP contribution in [0, 0.1) is 0 Å². The van der Waals surface area contributed by atoms with Crippen LogP contribution < -0.4 is 10.2 Å². The molecule has 2 aliphatic rings. The molecule has 1 fully saturated rings. The Bertz CT molecular complexity index is 1160. The zero-order valence-electron chi connectivity index (χ0n) is 18.5. The van der Waals surface area contributed by atoms with Gasteiger partial charge in [0, 0.05) is 56.0 Å². The molecule has 8 nitrogen and oxygen atoms in total. The molecule has 0 aromatic heterocycles. The molecule has 0 radical (unpaired) electrons. The van der Waals surface area contributed by atoms with Crippen molar-refractivity contribution in [2.45, 2.75) is 24.2 Å². The summed E-state index contributed by atoms with van der Waals surface area (Å²) in [5, 5.41) is 3.47. The van der Waals surface area contributed by atoms with Crippen molar-refractivity contribution >= 4 is 44.8 Å². The van der Waals surface area contributed by atoms with Gasteiger partial charge in [-0.05, 0) is 54.8 Å². The van der Waals surface area contributed by atoms with E-state index in [4.69, 9.17) is 11.6 Å². The van der Waals surface area contributed by atoms with E-state index in [1.165, 1.54) is 13.1 Å². The Kier molecular flexibility index (Phi) is 6.92. The molecule has 176 valence electrons. The number of likely N-dealkylation sites (N-methyl/N-ethyl adjacent to an activating group) is 1. The summed E-state index contributed by atoms with van der Waals surface area (Å²) in [5.74, 6) is -0.295. The summed E-state index contributed by atoms with van der Waals surface area (Å²) < 4.78 is 27.3. The van der Waals surface area contributed by atoms with Crippen LogP contribution in [0.4, 0.5) is 11.4 Å². The fourth-order valence-electron chi connectivity index (χ4n) is 4.15. The first-order valence-corrected chi connectivity index (χ1v) is 12.7. The first-order chi connectivity index (χ1) is 15.7. The number of carbonyl (C=O) groups excluding carboxylic acids is 2. The van der Waals surface area contributed by atoms with E-state index in [9.17, 15) is 18.0 Å². The highest BCUT2D eigenvalue weighted by atomic mass is 35.5. The zero-order chi connectivity index (χ0) is 23.6. The van der Waals surface area contributed by atoms with E-state index in [-0.39, 0.29) is 23.3 Å². The predicted octanol–water partition coefficient (Wildman–Crippen LogP) is 2.58. The van der Waals surface area contributed by atoms with Crippen LogP contribution in [0.25, 0.3) is 0 Å². The maximum atomic E-state index is 13.1. The number of fused-ring (bicyclic) bond motifs is 1. The molecule has 2 aliphatic heterocycles. The van der Waals surface area contributed by atoms with Crippen molar-refractivity contribution < 1.29 is 18.0 Å². The Morgan fingerprint density at radius 1 is 1.09 bits per heavy atom. The minimum absolute atomic E-state index is 0.0671. The molecular formula is C23H27ClN4O4S. The summed E-state index contributed by atoms with van der Waals surface area (Å²) in [6.07, 6.45) is 1.70. The number of hydrogen-bond acceptors (Lipinski definition) is 5. The van der Waals surface area contributed by atoms with Crippen molar-refractivity contribution in [2.75, 3.05) is 50.0 Å². The topological polar surface area (TPSA) is 90.0 Å². The van der Waals surface area contributed by atoms with Crippen molar-refractivity contribution in [3.63, 3.8) is 0 Å². The number of amides is 2. The molecule has 0 atom stereocenters. The third-order valence-electron chi connectivity index (χ3n) is 6.07. The van der Waals surface area contributed by atoms with E-state index >= 15 is 0 Å². The van der Waals surface area contributed by atoms with Crippen molar-refractivity contribution in [1.29, 1.82) is 0 Å². The van der Waals surface area contributed by atoms with Crippen molar-refractivity contribution in [3.05, 3.63) is 53.1 Å². The maximum Gasteiger partial charge on any atom is 0.243 e. The molecule has 0 unspecified atom stereocenters. The molecule has 0 aliphatic carbocycles. The molecule has 2 aromatic carbocycles. The minimum atomic E-state index is -3.84. The fourth-order valence-corrected chi connectivity index (χ4v) is 5.51. The van der Waals surface area contributed by atoms with Gasteiger partial charge >= 0.3 is 0 Å². The van der Waals surface area contributed by atoms with Gasteiger partial charge in [0.2, 0.25) is 21.8 Å². The Morgan fingerprint density at radius 2 is 1.85 bits per heavy atom. The van der Waals surface area contributed by atoms with Crippen LogP contribution in [0.2, 0.25) is 5.02 Å². The summed E-state index contributed by atoms with van der Waals surface area (Å²) in [5.41, 5.74) is 2.44. The number of aryl methyl sites for hydroxylation is 1. The van der Waals surface area contributed by atoms with Gasteiger partial charge < -0.3 is 15.1 Å². The monoisotopic (exact) mass is 490 g/mol. The Balaban J connectivity index is 1.38. The number of benzene rings is 2. The first kappa shape index (κ1) is 23.5. The number of sulfonamides is 1. The number of nitrogens with zero attached hydrogens (tertiary/aromatic N) is 3. The maximum absolute atomic E-state index is 13.1. The Labute approximate surface area is 199 Å². The van der Waals surface area contributed by atoms with Crippen LogP contribution in [0.15, 0.2) is 47.4 Å². The molecule has 33 heavy (non-hydrogen) atoms. The first-order valence-electron chi connectivity index (χ1n) is 10.9. The number of carbonyl (C=O) groups is 2. The van der Waals surface area contributed by atoms with Crippen LogP contribution in [0.3, 0.4) is 0 Å². The highest BCUT2D eigenvalue weighted by Crippen LogP contribution is 2.26. The van der Waals surface area contributed by atoms with Crippen LogP contribution in [-0.2, 0) is 26.0 Å². The number of hydrogen-bond donors (Lipinski definition) is 1. The highest BCUT2D eigenvalue weighted by Gasteiger charge is 2.28. The molecule has 2 amide bonds. The molecule has 1 N–H and O–H groups in total. The lowest BCUT2D eigenvalue weighted by molar-refractivity contribution is -0.131. The van der Waals surface area contributed by atoms with Crippen LogP contribution in [0.5, 0.6) is 0 Å². The standard InChI is InChI=1S/C23H27ClN4O4S/c1-26(33(31,32)20-8-9-21-17(14-20)4-2-7-22(29)25-21)16-23(30)28-12-10-27(11-13-28)19-6-3-5-18(24)15-19/h3,5-6,8-9,14-15H,2,4,7,10-13,16H2,1H3,(H,25,29). The van der Waals surface area contributed by atoms with Gasteiger partial charge in [-0.1, -0.05) is 17.7 Å². The molecule has 0 bridgehead atoms. The van der Waals surface area contributed by atoms with Gasteiger partial charge in [-0.15, -0.1) is 0 Å². The van der Waals surface area contributed by atoms with Gasteiger partial charge in [-0.25, -0.2) is 8.42 Å². The van der Waals surface area contributed by atoms with Crippen LogP contribution in [-0.4, -0.2) is 69.2 Å². The summed E-state index contributed by atoms with van der Waals surface area (Å²) in [7, 11) is -2.42. The number of halogens is 1. The fraction of sp³-hybridized carbons (Fsp3) is 0.391. The summed E-state index contributed by atoms with van der Waals surface area (Å²) in [6, 6.07) is 12.3. The third-order valence-corrected chi connectivity index (χ3v) is 8.11. The summed E-state index contributed by atoms with van der Waals surface area (Å²) >= 11 is 6.08. The lowest BCUT2D eigenvalue weighted by atomic mass is 10.1. The van der Waals surface area contributed by atoms with Gasteiger partial charge in [0.1, 0.15) is 0 Å². The Hall–Kier alpha value is -2.62. The van der Waals surface area contributed by atoms with E-state index in [0.29, 0.717) is 56.2 Å². The quantitative estimate of drug-likeness (QED) is 0.695. The number of nitrogens with one attached hydrogen (secondary N) is 1. The minimum Gasteiger partial charge on any atom is -0.368 e. The Morgan fingerprint density at radius 3 is 2.58 bits per heavy atom. The summed E-state index contributed by atoms with van der Waals surface area (Å²) in [4.78, 5) is 28.5. The molecular weight excluding hydrogens is 464 g/mol. The van der Waals surface area contributed by atoms with E-state index < -0.39 is 10.0 Å². The molecule has 2 aromatic rings. The summed E-state index contributed by atoms with van der Waals surface area (Å²) in [6.45, 7) is 2.10. The van der Waals surface area contributed by atoms with E-state index in [1.54, 1.807) is 17.0 Å². The van der Waals surface area contributed by atoms with Crippen molar-refractivity contribution in [2.24, 2.45) is 0 Å². The number of anilines is 2. The highest BCUT2D eigenvalue weighted by molar-refractivity contribution is 7.89. The van der Waals surface area contributed by atoms with E-state index in [0.717, 1.165) is 15.6 Å². The predicted molar refractivity (Wildman–Crippen MR) is 128 cm³/mol. The van der Waals surface area contributed by atoms with Gasteiger partial charge in [-0.2, -0.15) is 4.31 Å². The molecule has 2 heterocycles. The zero-order valence-corrected chi connectivity index (χ0v) is 20.0. The van der Waals surface area contributed by atoms with Crippen molar-refractivity contribution in [1.82, 2.24) is 9.21 Å². The number of rotatable bonds is 5. The van der Waals surface area contributed by atoms with Gasteiger partial charge in [0.15, 0.2) is 0 Å². The smallest absolute Gasteiger partial charge is 0.243 e. The van der Waals surface area contributed by atoms with Gasteiger partial charge in [-0.3, -0.25) is 9.59 Å². The van der Waals surface area contributed by atoms with Crippen LogP contribution in [0.1, 0.15) is 18.4 Å². The average Bonchev–Trinajstić information content (AvgIpc) is 2.99. The van der Waals surface area contributed by atoms with Gasteiger partial charge in [0.05, 0.1) is 11.4 Å². The average molecular weight is 491 g/mol. The molecule has 0 spiro atoms. The second-order valence-electron chi connectivity index (χ2n) is 8.33. The second kappa shape index (κ2) is 9.70.